The van der Waals surface area contributed by atoms with E-state index in [-0.39, 0.29) is 0 Å². The van der Waals surface area contributed by atoms with E-state index in [0.717, 1.165) is 6.42 Å². The maximum absolute atomic E-state index is 12.8. The van der Waals surface area contributed by atoms with Gasteiger partial charge in [-0.1, -0.05) is 19.8 Å². The Bertz CT molecular complexity index is 287. The van der Waals surface area contributed by atoms with Crippen molar-refractivity contribution in [2.24, 2.45) is 11.5 Å². The van der Waals surface area contributed by atoms with Crippen molar-refractivity contribution in [1.82, 2.24) is 10.6 Å². The SMILES string of the molecule is CCCCC(NC(N)=O)C(=O)NCC(F)(F)CN. The van der Waals surface area contributed by atoms with Crippen LogP contribution in [0.25, 0.3) is 0 Å². The van der Waals surface area contributed by atoms with E-state index in [1.165, 1.54) is 0 Å². The Kier molecular flexibility index (Phi) is 7.18. The highest BCUT2D eigenvalue weighted by Crippen LogP contribution is 2.09. The summed E-state index contributed by atoms with van der Waals surface area (Å²) in [6, 6.07) is -1.76. The molecule has 8 heteroatoms. The van der Waals surface area contributed by atoms with Gasteiger partial charge in [-0.3, -0.25) is 4.79 Å². The zero-order valence-electron chi connectivity index (χ0n) is 10.3. The number of rotatable bonds is 8. The van der Waals surface area contributed by atoms with Gasteiger partial charge in [0.15, 0.2) is 0 Å². The molecule has 0 aromatic carbocycles. The van der Waals surface area contributed by atoms with Gasteiger partial charge in [-0.15, -0.1) is 0 Å². The average Bonchev–Trinajstić information content (AvgIpc) is 2.31. The van der Waals surface area contributed by atoms with E-state index < -0.39 is 37.0 Å². The third-order valence-corrected chi connectivity index (χ3v) is 2.30. The van der Waals surface area contributed by atoms with Crippen LogP contribution in [-0.4, -0.2) is 37.0 Å². The summed E-state index contributed by atoms with van der Waals surface area (Å²) < 4.78 is 25.7. The van der Waals surface area contributed by atoms with Gasteiger partial charge in [0.2, 0.25) is 5.91 Å². The second-order valence-electron chi connectivity index (χ2n) is 3.98. The minimum Gasteiger partial charge on any atom is -0.352 e. The number of hydrogen-bond donors (Lipinski definition) is 4. The number of nitrogens with two attached hydrogens (primary N) is 2. The van der Waals surface area contributed by atoms with Crippen LogP contribution in [0.2, 0.25) is 0 Å². The third-order valence-electron chi connectivity index (χ3n) is 2.30. The van der Waals surface area contributed by atoms with Crippen molar-refractivity contribution in [2.75, 3.05) is 13.1 Å². The first-order valence-corrected chi connectivity index (χ1v) is 5.74. The third kappa shape index (κ3) is 7.00. The first-order valence-electron chi connectivity index (χ1n) is 5.74. The van der Waals surface area contributed by atoms with Crippen molar-refractivity contribution in [3.63, 3.8) is 0 Å². The molecule has 0 aliphatic carbocycles. The zero-order chi connectivity index (χ0) is 14.2. The molecular weight excluding hydrogens is 246 g/mol. The maximum Gasteiger partial charge on any atom is 0.312 e. The standard InChI is InChI=1S/C10H20F2N4O2/c1-2-3-4-7(16-9(14)18)8(17)15-6-10(11,12)5-13/h7H,2-6,13H2,1H3,(H,15,17)(H3,14,16,18). The van der Waals surface area contributed by atoms with Crippen LogP contribution in [0.3, 0.4) is 0 Å². The molecular formula is C10H20F2N4O2. The van der Waals surface area contributed by atoms with Crippen LogP contribution in [0.1, 0.15) is 26.2 Å². The summed E-state index contributed by atoms with van der Waals surface area (Å²) in [6.07, 6.45) is 1.83. The molecule has 18 heavy (non-hydrogen) atoms. The molecule has 0 aliphatic rings. The fourth-order valence-electron chi connectivity index (χ4n) is 1.26. The molecule has 0 saturated heterocycles. The molecule has 0 rings (SSSR count). The molecule has 0 saturated carbocycles. The van der Waals surface area contributed by atoms with Gasteiger partial charge in [-0.05, 0) is 6.42 Å². The van der Waals surface area contributed by atoms with E-state index >= 15 is 0 Å². The lowest BCUT2D eigenvalue weighted by molar-refractivity contribution is -0.124. The van der Waals surface area contributed by atoms with Gasteiger partial charge in [0.25, 0.3) is 5.92 Å². The Hall–Kier alpha value is -1.44. The predicted molar refractivity (Wildman–Crippen MR) is 63.0 cm³/mol. The normalized spacial score (nSPS) is 12.9. The monoisotopic (exact) mass is 266 g/mol. The molecule has 1 unspecified atom stereocenters. The fraction of sp³-hybridized carbons (Fsp3) is 0.800. The van der Waals surface area contributed by atoms with Gasteiger partial charge >= 0.3 is 6.03 Å². The molecule has 0 heterocycles. The van der Waals surface area contributed by atoms with Crippen LogP contribution in [-0.2, 0) is 4.79 Å². The molecule has 0 aromatic rings. The van der Waals surface area contributed by atoms with Gasteiger partial charge in [0.05, 0.1) is 13.1 Å². The van der Waals surface area contributed by atoms with E-state index in [2.05, 4.69) is 5.32 Å². The highest BCUT2D eigenvalue weighted by molar-refractivity contribution is 5.86. The summed E-state index contributed by atoms with van der Waals surface area (Å²) in [7, 11) is 0. The van der Waals surface area contributed by atoms with Gasteiger partial charge in [0.1, 0.15) is 6.04 Å². The highest BCUT2D eigenvalue weighted by atomic mass is 19.3. The van der Waals surface area contributed by atoms with Crippen LogP contribution in [0.15, 0.2) is 0 Å². The highest BCUT2D eigenvalue weighted by Gasteiger charge is 2.29. The molecule has 0 aliphatic heterocycles. The maximum atomic E-state index is 12.8. The van der Waals surface area contributed by atoms with Crippen molar-refractivity contribution in [3.8, 4) is 0 Å². The molecule has 6 N–H and O–H groups in total. The Morgan fingerprint density at radius 3 is 2.44 bits per heavy atom. The molecule has 106 valence electrons. The summed E-state index contributed by atoms with van der Waals surface area (Å²) in [6.45, 7) is 0.198. The van der Waals surface area contributed by atoms with E-state index in [1.54, 1.807) is 0 Å². The number of carbonyl (C=O) groups excluding carboxylic acids is 2. The van der Waals surface area contributed by atoms with E-state index in [1.807, 2.05) is 12.2 Å². The summed E-state index contributed by atoms with van der Waals surface area (Å²) in [4.78, 5) is 22.3. The van der Waals surface area contributed by atoms with Gasteiger partial charge in [0, 0.05) is 0 Å². The largest absolute Gasteiger partial charge is 0.352 e. The number of alkyl halides is 2. The second-order valence-corrected chi connectivity index (χ2v) is 3.98. The lowest BCUT2D eigenvalue weighted by atomic mass is 10.1. The number of primary amides is 1. The smallest absolute Gasteiger partial charge is 0.312 e. The number of amides is 3. The van der Waals surface area contributed by atoms with E-state index in [0.29, 0.717) is 12.8 Å². The van der Waals surface area contributed by atoms with Gasteiger partial charge in [-0.25, -0.2) is 13.6 Å². The minimum absolute atomic E-state index is 0.347. The van der Waals surface area contributed by atoms with Gasteiger partial charge in [-0.2, -0.15) is 0 Å². The van der Waals surface area contributed by atoms with Crippen molar-refractivity contribution in [2.45, 2.75) is 38.2 Å². The van der Waals surface area contributed by atoms with Crippen LogP contribution in [0.4, 0.5) is 13.6 Å². The van der Waals surface area contributed by atoms with Crippen LogP contribution in [0, 0.1) is 0 Å². The first-order chi connectivity index (χ1) is 8.32. The number of hydrogen-bond acceptors (Lipinski definition) is 3. The molecule has 0 radical (unpaired) electrons. The molecule has 0 fully saturated rings. The Labute approximate surface area is 104 Å². The van der Waals surface area contributed by atoms with E-state index in [4.69, 9.17) is 11.5 Å². The van der Waals surface area contributed by atoms with Crippen molar-refractivity contribution in [1.29, 1.82) is 0 Å². The molecule has 1 atom stereocenters. The lowest BCUT2D eigenvalue weighted by Gasteiger charge is -2.19. The average molecular weight is 266 g/mol. The zero-order valence-corrected chi connectivity index (χ0v) is 10.3. The number of halogens is 2. The number of urea groups is 1. The number of unbranched alkanes of at least 4 members (excludes halogenated alkanes) is 1. The first kappa shape index (κ1) is 16.6. The van der Waals surface area contributed by atoms with Crippen LogP contribution < -0.4 is 22.1 Å². The molecule has 3 amide bonds. The predicted octanol–water partition coefficient (Wildman–Crippen LogP) is -0.0763. The molecule has 0 aromatic heterocycles. The second kappa shape index (κ2) is 7.80. The number of nitrogens with one attached hydrogen (secondary N) is 2. The summed E-state index contributed by atoms with van der Waals surface area (Å²) in [5.74, 6) is -3.84. The van der Waals surface area contributed by atoms with Crippen molar-refractivity contribution >= 4 is 11.9 Å². The topological polar surface area (TPSA) is 110 Å². The minimum atomic E-state index is -3.16. The summed E-state index contributed by atoms with van der Waals surface area (Å²) in [5.41, 5.74) is 9.75. The van der Waals surface area contributed by atoms with Gasteiger partial charge < -0.3 is 22.1 Å². The quantitative estimate of drug-likeness (QED) is 0.493. The fourth-order valence-corrected chi connectivity index (χ4v) is 1.26. The lowest BCUT2D eigenvalue weighted by Crippen LogP contribution is -2.51. The molecule has 6 nitrogen and oxygen atoms in total. The molecule has 0 spiro atoms. The summed E-state index contributed by atoms with van der Waals surface area (Å²) >= 11 is 0. The van der Waals surface area contributed by atoms with E-state index in [9.17, 15) is 18.4 Å². The van der Waals surface area contributed by atoms with Crippen molar-refractivity contribution in [3.05, 3.63) is 0 Å². The summed E-state index contributed by atoms with van der Waals surface area (Å²) in [5, 5.41) is 4.27. The Morgan fingerprint density at radius 1 is 1.39 bits per heavy atom. The Morgan fingerprint density at radius 2 is 2.00 bits per heavy atom. The van der Waals surface area contributed by atoms with Crippen molar-refractivity contribution < 1.29 is 18.4 Å². The van der Waals surface area contributed by atoms with Crippen LogP contribution >= 0.6 is 0 Å². The molecule has 0 bridgehead atoms. The number of carbonyl (C=O) groups is 2. The Balaban J connectivity index is 4.32. The van der Waals surface area contributed by atoms with Crippen LogP contribution in [0.5, 0.6) is 0 Å².